The van der Waals surface area contributed by atoms with Gasteiger partial charge in [-0.2, -0.15) is 0 Å². The van der Waals surface area contributed by atoms with Gasteiger partial charge in [-0.15, -0.1) is 0 Å². The fraction of sp³-hybridized carbons (Fsp3) is 0.636. The van der Waals surface area contributed by atoms with E-state index in [1.165, 1.54) is 24.2 Å². The van der Waals surface area contributed by atoms with Gasteiger partial charge in [-0.3, -0.25) is 15.1 Å². The van der Waals surface area contributed by atoms with Crippen LogP contribution in [0.5, 0.6) is 5.75 Å². The fourth-order valence-corrected chi connectivity index (χ4v) is 4.53. The van der Waals surface area contributed by atoms with Gasteiger partial charge in [0.2, 0.25) is 0 Å². The number of benzene rings is 1. The summed E-state index contributed by atoms with van der Waals surface area (Å²) in [5.41, 5.74) is 0.290. The van der Waals surface area contributed by atoms with Gasteiger partial charge < -0.3 is 15.0 Å². The summed E-state index contributed by atoms with van der Waals surface area (Å²) in [7, 11) is 1.67. The molecule has 3 rings (SSSR count). The van der Waals surface area contributed by atoms with E-state index < -0.39 is 5.54 Å². The molecule has 1 atom stereocenters. The molecule has 0 radical (unpaired) electrons. The highest BCUT2D eigenvalue weighted by Crippen LogP contribution is 2.34. The van der Waals surface area contributed by atoms with Gasteiger partial charge in [-0.25, -0.2) is 0 Å². The smallest absolute Gasteiger partial charge is 0.258 e. The fourth-order valence-electron chi connectivity index (χ4n) is 4.53. The Bertz CT molecular complexity index is 698. The number of carbonyl (C=O) groups excluding carboxylic acids is 1. The minimum atomic E-state index is -0.834. The Labute approximate surface area is 168 Å². The van der Waals surface area contributed by atoms with Gasteiger partial charge in [0.1, 0.15) is 12.4 Å². The molecule has 28 heavy (non-hydrogen) atoms. The van der Waals surface area contributed by atoms with Crippen LogP contribution in [-0.2, 0) is 4.79 Å². The first-order valence-corrected chi connectivity index (χ1v) is 10.6. The zero-order chi connectivity index (χ0) is 20.1. The molecule has 0 bridgehead atoms. The van der Waals surface area contributed by atoms with Gasteiger partial charge in [-0.05, 0) is 38.3 Å². The van der Waals surface area contributed by atoms with Crippen molar-refractivity contribution in [2.24, 2.45) is 5.92 Å². The quantitative estimate of drug-likeness (QED) is 0.716. The summed E-state index contributed by atoms with van der Waals surface area (Å²) in [5, 5.41) is 11.3. The van der Waals surface area contributed by atoms with Crippen molar-refractivity contribution in [2.45, 2.75) is 57.9 Å². The number of carbonyl (C=O) groups is 1. The molecule has 1 heterocycles. The van der Waals surface area contributed by atoms with Gasteiger partial charge in [0, 0.05) is 31.9 Å². The summed E-state index contributed by atoms with van der Waals surface area (Å²) < 4.78 is 6.15. The van der Waals surface area contributed by atoms with Crippen molar-refractivity contribution in [1.29, 1.82) is 5.41 Å². The van der Waals surface area contributed by atoms with E-state index in [0.29, 0.717) is 5.92 Å². The topological polar surface area (TPSA) is 68.7 Å². The molecule has 1 amide bonds. The molecule has 154 valence electrons. The minimum Gasteiger partial charge on any atom is -0.491 e. The van der Waals surface area contributed by atoms with Crippen LogP contribution in [0.1, 0.15) is 52.4 Å². The molecule has 1 aliphatic heterocycles. The maximum Gasteiger partial charge on any atom is 0.258 e. The van der Waals surface area contributed by atoms with Crippen LogP contribution >= 0.6 is 0 Å². The second kappa shape index (κ2) is 8.84. The van der Waals surface area contributed by atoms with E-state index >= 15 is 0 Å². The highest BCUT2D eigenvalue weighted by molar-refractivity contribution is 6.07. The number of nitrogens with one attached hydrogen (secondary N) is 2. The van der Waals surface area contributed by atoms with Crippen LogP contribution in [0.4, 0.5) is 5.69 Å². The second-order valence-electron chi connectivity index (χ2n) is 8.09. The number of guanidine groups is 1. The minimum absolute atomic E-state index is 0.0528. The van der Waals surface area contributed by atoms with Crippen molar-refractivity contribution in [3.63, 3.8) is 0 Å². The molecule has 1 unspecified atom stereocenters. The van der Waals surface area contributed by atoms with Crippen LogP contribution in [0.25, 0.3) is 0 Å². The third kappa shape index (κ3) is 4.26. The molecule has 6 nitrogen and oxygen atoms in total. The third-order valence-corrected chi connectivity index (χ3v) is 6.20. The largest absolute Gasteiger partial charge is 0.491 e. The predicted octanol–water partition coefficient (Wildman–Crippen LogP) is 3.62. The summed E-state index contributed by atoms with van der Waals surface area (Å²) in [6.07, 6.45) is 6.80. The summed E-state index contributed by atoms with van der Waals surface area (Å²) in [4.78, 5) is 16.7. The lowest BCUT2D eigenvalue weighted by atomic mass is 9.79. The predicted molar refractivity (Wildman–Crippen MR) is 113 cm³/mol. The monoisotopic (exact) mass is 386 g/mol. The van der Waals surface area contributed by atoms with Crippen LogP contribution in [0.3, 0.4) is 0 Å². The summed E-state index contributed by atoms with van der Waals surface area (Å²) in [6.45, 7) is 6.40. The Morgan fingerprint density at radius 2 is 1.96 bits per heavy atom. The lowest BCUT2D eigenvalue weighted by molar-refractivity contribution is -0.132. The zero-order valence-electron chi connectivity index (χ0n) is 17.5. The molecule has 1 saturated heterocycles. The first-order valence-electron chi connectivity index (χ1n) is 10.6. The summed E-state index contributed by atoms with van der Waals surface area (Å²) >= 11 is 0. The maximum absolute atomic E-state index is 13.0. The molecule has 6 heteroatoms. The SMILES string of the molecule is CCN(CC)c1cccc(OCC2(CC3CCCCC3)NC(=N)N(C)C2=O)c1. The molecular weight excluding hydrogens is 352 g/mol. The number of anilines is 1. The van der Waals surface area contributed by atoms with Crippen molar-refractivity contribution in [1.82, 2.24) is 10.2 Å². The standard InChI is InChI=1S/C22H34N4O2/c1-4-26(5-2)18-12-9-13-19(14-18)28-16-22(15-17-10-7-6-8-11-17)20(27)25(3)21(23)24-22/h9,12-14,17H,4-8,10-11,15-16H2,1-3H3,(H2,23,24). The summed E-state index contributed by atoms with van der Waals surface area (Å²) in [5.74, 6) is 1.39. The van der Waals surface area contributed by atoms with Crippen LogP contribution < -0.4 is 15.0 Å². The molecule has 1 aromatic carbocycles. The lowest BCUT2D eigenvalue weighted by Crippen LogP contribution is -2.53. The third-order valence-electron chi connectivity index (χ3n) is 6.20. The number of rotatable bonds is 8. The van der Waals surface area contributed by atoms with E-state index in [-0.39, 0.29) is 18.5 Å². The normalized spacial score (nSPS) is 23.0. The van der Waals surface area contributed by atoms with E-state index in [4.69, 9.17) is 10.1 Å². The number of ether oxygens (including phenoxy) is 1. The van der Waals surface area contributed by atoms with Crippen LogP contribution in [-0.4, -0.2) is 49.0 Å². The number of nitrogens with zero attached hydrogens (tertiary/aromatic N) is 2. The van der Waals surface area contributed by atoms with E-state index in [2.05, 4.69) is 30.1 Å². The van der Waals surface area contributed by atoms with Crippen LogP contribution in [0.15, 0.2) is 24.3 Å². The number of hydrogen-bond donors (Lipinski definition) is 2. The first-order chi connectivity index (χ1) is 13.5. The molecular formula is C22H34N4O2. The Hall–Kier alpha value is -2.24. The average Bonchev–Trinajstić information content (AvgIpc) is 2.92. The number of hydrogen-bond acceptors (Lipinski definition) is 4. The molecule has 1 saturated carbocycles. The van der Waals surface area contributed by atoms with Crippen molar-refractivity contribution >= 4 is 17.6 Å². The molecule has 0 aromatic heterocycles. The van der Waals surface area contributed by atoms with Gasteiger partial charge in [0.05, 0.1) is 0 Å². The Morgan fingerprint density at radius 1 is 1.25 bits per heavy atom. The van der Waals surface area contributed by atoms with Gasteiger partial charge in [0.25, 0.3) is 5.91 Å². The molecule has 2 fully saturated rings. The van der Waals surface area contributed by atoms with Crippen molar-refractivity contribution in [3.8, 4) is 5.75 Å². The summed E-state index contributed by atoms with van der Waals surface area (Å²) in [6, 6.07) is 8.06. The number of likely N-dealkylation sites (N-methyl/N-ethyl adjacent to an activating group) is 1. The molecule has 0 spiro atoms. The average molecular weight is 387 g/mol. The Kier molecular flexibility index (Phi) is 6.47. The zero-order valence-corrected chi connectivity index (χ0v) is 17.5. The van der Waals surface area contributed by atoms with E-state index in [0.717, 1.165) is 43.8 Å². The first kappa shape index (κ1) is 20.5. The van der Waals surface area contributed by atoms with Crippen molar-refractivity contribution in [3.05, 3.63) is 24.3 Å². The highest BCUT2D eigenvalue weighted by Gasteiger charge is 2.50. The van der Waals surface area contributed by atoms with Gasteiger partial charge >= 0.3 is 0 Å². The molecule has 1 aromatic rings. The van der Waals surface area contributed by atoms with Crippen LogP contribution in [0, 0.1) is 11.3 Å². The number of amides is 1. The molecule has 1 aliphatic carbocycles. The molecule has 2 aliphatic rings. The second-order valence-corrected chi connectivity index (χ2v) is 8.09. The van der Waals surface area contributed by atoms with Crippen molar-refractivity contribution in [2.75, 3.05) is 31.6 Å². The van der Waals surface area contributed by atoms with E-state index in [9.17, 15) is 4.79 Å². The van der Waals surface area contributed by atoms with Gasteiger partial charge in [-0.1, -0.05) is 38.2 Å². The van der Waals surface area contributed by atoms with E-state index in [1.807, 2.05) is 18.2 Å². The van der Waals surface area contributed by atoms with Crippen molar-refractivity contribution < 1.29 is 9.53 Å². The Morgan fingerprint density at radius 3 is 2.57 bits per heavy atom. The highest BCUT2D eigenvalue weighted by atomic mass is 16.5. The Balaban J connectivity index is 1.76. The lowest BCUT2D eigenvalue weighted by Gasteiger charge is -2.32. The van der Waals surface area contributed by atoms with E-state index in [1.54, 1.807) is 7.05 Å². The maximum atomic E-state index is 13.0. The van der Waals surface area contributed by atoms with Gasteiger partial charge in [0.15, 0.2) is 11.5 Å². The molecule has 2 N–H and O–H groups in total. The van der Waals surface area contributed by atoms with Crippen LogP contribution in [0.2, 0.25) is 0 Å².